The highest BCUT2D eigenvalue weighted by molar-refractivity contribution is 7.99. The van der Waals surface area contributed by atoms with E-state index in [-0.39, 0.29) is 5.92 Å². The Morgan fingerprint density at radius 1 is 1.24 bits per heavy atom. The lowest BCUT2D eigenvalue weighted by Gasteiger charge is -2.08. The molecule has 0 spiro atoms. The fraction of sp³-hybridized carbons (Fsp3) is 0.214. The first kappa shape index (κ1) is 12.0. The SMILES string of the molecule is CC(CSc1cccc2ccccc12)C(=O)O. The molecule has 1 N–H and O–H groups in total. The van der Waals surface area contributed by atoms with E-state index < -0.39 is 5.97 Å². The number of rotatable bonds is 4. The number of fused-ring (bicyclic) bond motifs is 1. The monoisotopic (exact) mass is 246 g/mol. The van der Waals surface area contributed by atoms with E-state index in [1.54, 1.807) is 18.7 Å². The molecule has 0 bridgehead atoms. The van der Waals surface area contributed by atoms with Crippen LogP contribution in [0.5, 0.6) is 0 Å². The number of carbonyl (C=O) groups is 1. The molecule has 0 amide bonds. The molecule has 0 fully saturated rings. The second kappa shape index (κ2) is 5.23. The quantitative estimate of drug-likeness (QED) is 0.837. The highest BCUT2D eigenvalue weighted by Crippen LogP contribution is 2.28. The third-order valence-corrected chi connectivity index (χ3v) is 3.99. The van der Waals surface area contributed by atoms with Gasteiger partial charge in [0, 0.05) is 10.6 Å². The third-order valence-electron chi connectivity index (χ3n) is 2.66. The number of carboxylic acid groups (broad SMARTS) is 1. The molecule has 0 aliphatic rings. The van der Waals surface area contributed by atoms with Crippen molar-refractivity contribution in [1.82, 2.24) is 0 Å². The number of aliphatic carboxylic acids is 1. The Kier molecular flexibility index (Phi) is 3.69. The van der Waals surface area contributed by atoms with Crippen LogP contribution >= 0.6 is 11.8 Å². The van der Waals surface area contributed by atoms with E-state index in [2.05, 4.69) is 18.2 Å². The van der Waals surface area contributed by atoms with E-state index in [1.807, 2.05) is 24.3 Å². The van der Waals surface area contributed by atoms with Crippen LogP contribution in [0.4, 0.5) is 0 Å². The van der Waals surface area contributed by atoms with Gasteiger partial charge in [-0.05, 0) is 16.8 Å². The van der Waals surface area contributed by atoms with Crippen molar-refractivity contribution < 1.29 is 9.90 Å². The lowest BCUT2D eigenvalue weighted by Crippen LogP contribution is -2.11. The van der Waals surface area contributed by atoms with Gasteiger partial charge in [-0.15, -0.1) is 11.8 Å². The minimum absolute atomic E-state index is 0.320. The second-order valence-electron chi connectivity index (χ2n) is 4.03. The molecular formula is C14H14O2S. The molecule has 3 heteroatoms. The summed E-state index contributed by atoms with van der Waals surface area (Å²) in [4.78, 5) is 11.9. The van der Waals surface area contributed by atoms with Gasteiger partial charge in [-0.1, -0.05) is 43.3 Å². The molecule has 0 saturated heterocycles. The first-order valence-corrected chi connectivity index (χ1v) is 6.50. The fourth-order valence-electron chi connectivity index (χ4n) is 1.61. The first-order chi connectivity index (χ1) is 8.18. The van der Waals surface area contributed by atoms with Crippen molar-refractivity contribution in [3.63, 3.8) is 0 Å². The molecule has 0 aliphatic carbocycles. The van der Waals surface area contributed by atoms with Gasteiger partial charge >= 0.3 is 5.97 Å². The van der Waals surface area contributed by atoms with Crippen LogP contribution in [0.15, 0.2) is 47.4 Å². The summed E-state index contributed by atoms with van der Waals surface area (Å²) in [7, 11) is 0. The summed E-state index contributed by atoms with van der Waals surface area (Å²) in [5, 5.41) is 11.2. The van der Waals surface area contributed by atoms with Crippen LogP contribution in [0.2, 0.25) is 0 Å². The number of benzene rings is 2. The molecule has 0 heterocycles. The zero-order valence-electron chi connectivity index (χ0n) is 9.59. The smallest absolute Gasteiger partial charge is 0.307 e. The second-order valence-corrected chi connectivity index (χ2v) is 5.09. The minimum Gasteiger partial charge on any atom is -0.481 e. The largest absolute Gasteiger partial charge is 0.481 e. The molecule has 2 aromatic rings. The highest BCUT2D eigenvalue weighted by atomic mass is 32.2. The molecule has 0 radical (unpaired) electrons. The Bertz CT molecular complexity index is 531. The van der Waals surface area contributed by atoms with Crippen LogP contribution in [-0.2, 0) is 4.79 Å². The van der Waals surface area contributed by atoms with Crippen LogP contribution in [-0.4, -0.2) is 16.8 Å². The van der Waals surface area contributed by atoms with Crippen molar-refractivity contribution in [1.29, 1.82) is 0 Å². The number of hydrogen-bond donors (Lipinski definition) is 1. The average molecular weight is 246 g/mol. The lowest BCUT2D eigenvalue weighted by atomic mass is 10.1. The Labute approximate surface area is 105 Å². The topological polar surface area (TPSA) is 37.3 Å². The molecule has 1 unspecified atom stereocenters. The third kappa shape index (κ3) is 2.80. The van der Waals surface area contributed by atoms with Crippen molar-refractivity contribution in [3.8, 4) is 0 Å². The number of hydrogen-bond acceptors (Lipinski definition) is 2. The molecule has 88 valence electrons. The zero-order chi connectivity index (χ0) is 12.3. The predicted molar refractivity (Wildman–Crippen MR) is 71.5 cm³/mol. The maximum absolute atomic E-state index is 10.8. The molecule has 0 aromatic heterocycles. The Morgan fingerprint density at radius 3 is 2.71 bits per heavy atom. The van der Waals surface area contributed by atoms with Gasteiger partial charge in [-0.2, -0.15) is 0 Å². The molecule has 17 heavy (non-hydrogen) atoms. The summed E-state index contributed by atoms with van der Waals surface area (Å²) >= 11 is 1.61. The van der Waals surface area contributed by atoms with Crippen LogP contribution in [0, 0.1) is 5.92 Å². The van der Waals surface area contributed by atoms with Crippen LogP contribution < -0.4 is 0 Å². The van der Waals surface area contributed by atoms with Crippen molar-refractivity contribution in [2.24, 2.45) is 5.92 Å². The van der Waals surface area contributed by atoms with E-state index >= 15 is 0 Å². The summed E-state index contributed by atoms with van der Waals surface area (Å²) < 4.78 is 0. The number of thioether (sulfide) groups is 1. The van der Waals surface area contributed by atoms with Gasteiger partial charge in [0.15, 0.2) is 0 Å². The summed E-state index contributed by atoms with van der Waals surface area (Å²) in [6.45, 7) is 1.74. The Hall–Kier alpha value is -1.48. The summed E-state index contributed by atoms with van der Waals surface area (Å²) in [5.41, 5.74) is 0. The Balaban J connectivity index is 2.21. The van der Waals surface area contributed by atoms with Crippen LogP contribution in [0.1, 0.15) is 6.92 Å². The molecule has 2 aromatic carbocycles. The van der Waals surface area contributed by atoms with Crippen molar-refractivity contribution >= 4 is 28.5 Å². The summed E-state index contributed by atoms with van der Waals surface area (Å²) in [5.74, 6) is -0.458. The van der Waals surface area contributed by atoms with E-state index in [9.17, 15) is 4.79 Å². The van der Waals surface area contributed by atoms with Gasteiger partial charge in [0.05, 0.1) is 5.92 Å². The van der Waals surface area contributed by atoms with E-state index in [0.29, 0.717) is 5.75 Å². The molecule has 1 atom stereocenters. The standard InChI is InChI=1S/C14H14O2S/c1-10(14(15)16)9-17-13-8-4-6-11-5-2-3-7-12(11)13/h2-8,10H,9H2,1H3,(H,15,16). The first-order valence-electron chi connectivity index (χ1n) is 5.52. The van der Waals surface area contributed by atoms with Gasteiger partial charge in [-0.3, -0.25) is 4.79 Å². The van der Waals surface area contributed by atoms with E-state index in [1.165, 1.54) is 10.8 Å². The van der Waals surface area contributed by atoms with Crippen LogP contribution in [0.25, 0.3) is 10.8 Å². The summed E-state index contributed by atoms with van der Waals surface area (Å²) in [6.07, 6.45) is 0. The van der Waals surface area contributed by atoms with Crippen molar-refractivity contribution in [2.45, 2.75) is 11.8 Å². The molecule has 2 nitrogen and oxygen atoms in total. The summed E-state index contributed by atoms with van der Waals surface area (Å²) in [6, 6.07) is 14.3. The normalized spacial score (nSPS) is 12.5. The number of carboxylic acids is 1. The zero-order valence-corrected chi connectivity index (χ0v) is 10.4. The molecule has 0 aliphatic heterocycles. The predicted octanol–water partition coefficient (Wildman–Crippen LogP) is 3.65. The van der Waals surface area contributed by atoms with Gasteiger partial charge in [0.25, 0.3) is 0 Å². The molecule has 2 rings (SSSR count). The Morgan fingerprint density at radius 2 is 1.94 bits per heavy atom. The average Bonchev–Trinajstić information content (AvgIpc) is 2.35. The highest BCUT2D eigenvalue weighted by Gasteiger charge is 2.11. The van der Waals surface area contributed by atoms with E-state index in [4.69, 9.17) is 5.11 Å². The fourth-order valence-corrected chi connectivity index (χ4v) is 2.70. The van der Waals surface area contributed by atoms with Gasteiger partial charge in [0.2, 0.25) is 0 Å². The maximum Gasteiger partial charge on any atom is 0.307 e. The van der Waals surface area contributed by atoms with Crippen molar-refractivity contribution in [3.05, 3.63) is 42.5 Å². The maximum atomic E-state index is 10.8. The minimum atomic E-state index is -0.738. The van der Waals surface area contributed by atoms with Gasteiger partial charge in [0.1, 0.15) is 0 Å². The van der Waals surface area contributed by atoms with E-state index in [0.717, 1.165) is 4.90 Å². The lowest BCUT2D eigenvalue weighted by molar-refractivity contribution is -0.140. The van der Waals surface area contributed by atoms with Crippen molar-refractivity contribution in [2.75, 3.05) is 5.75 Å². The molecule has 0 saturated carbocycles. The van der Waals surface area contributed by atoms with Crippen LogP contribution in [0.3, 0.4) is 0 Å². The van der Waals surface area contributed by atoms with Gasteiger partial charge in [-0.25, -0.2) is 0 Å². The van der Waals surface area contributed by atoms with Gasteiger partial charge < -0.3 is 5.11 Å². The molecular weight excluding hydrogens is 232 g/mol.